The molecule has 148 valence electrons. The summed E-state index contributed by atoms with van der Waals surface area (Å²) in [5.41, 5.74) is 0.887. The fraction of sp³-hybridized carbons (Fsp3) is 0.611. The summed E-state index contributed by atoms with van der Waals surface area (Å²) >= 11 is 0. The van der Waals surface area contributed by atoms with Crippen molar-refractivity contribution in [1.29, 1.82) is 0 Å². The normalized spacial score (nSPS) is 20.5. The summed E-state index contributed by atoms with van der Waals surface area (Å²) in [4.78, 5) is 12.5. The summed E-state index contributed by atoms with van der Waals surface area (Å²) in [5.74, 6) is 0.377. The maximum atomic E-state index is 12.2. The molecule has 0 bridgehead atoms. The third-order valence-electron chi connectivity index (χ3n) is 4.38. The number of hydrogen-bond donors (Lipinski definition) is 3. The van der Waals surface area contributed by atoms with Gasteiger partial charge in [0.05, 0.1) is 4.90 Å². The molecule has 0 aliphatic carbocycles. The van der Waals surface area contributed by atoms with E-state index < -0.39 is 10.0 Å². The van der Waals surface area contributed by atoms with Gasteiger partial charge in [-0.2, -0.15) is 0 Å². The number of hydrogen-bond acceptors (Lipinski definition) is 4. The van der Waals surface area contributed by atoms with Crippen LogP contribution in [-0.2, 0) is 21.4 Å². The molecule has 1 aromatic rings. The van der Waals surface area contributed by atoms with Crippen molar-refractivity contribution in [1.82, 2.24) is 15.4 Å². The topological polar surface area (TPSA) is 87.3 Å². The van der Waals surface area contributed by atoms with Crippen molar-refractivity contribution >= 4 is 28.3 Å². The van der Waals surface area contributed by atoms with Crippen molar-refractivity contribution in [2.75, 3.05) is 13.1 Å². The number of carbonyl (C=O) groups is 1. The Morgan fingerprint density at radius 3 is 2.50 bits per heavy atom. The van der Waals surface area contributed by atoms with E-state index in [1.165, 1.54) is 0 Å². The van der Waals surface area contributed by atoms with Crippen LogP contribution in [0.5, 0.6) is 0 Å². The molecule has 0 spiro atoms. The molecule has 3 N–H and O–H groups in total. The molecule has 1 fully saturated rings. The van der Waals surface area contributed by atoms with Gasteiger partial charge in [-0.15, -0.1) is 12.4 Å². The van der Waals surface area contributed by atoms with Gasteiger partial charge in [0.2, 0.25) is 15.9 Å². The molecule has 1 saturated heterocycles. The average Bonchev–Trinajstić information content (AvgIpc) is 2.58. The molecule has 26 heavy (non-hydrogen) atoms. The zero-order chi connectivity index (χ0) is 18.4. The van der Waals surface area contributed by atoms with Crippen LogP contribution in [0.3, 0.4) is 0 Å². The molecule has 1 aliphatic rings. The summed E-state index contributed by atoms with van der Waals surface area (Å²) in [6, 6.07) is 7.02. The van der Waals surface area contributed by atoms with Crippen LogP contribution in [0, 0.1) is 11.8 Å². The number of halogens is 1. The molecule has 0 unspecified atom stereocenters. The number of piperidine rings is 1. The van der Waals surface area contributed by atoms with Gasteiger partial charge in [0.25, 0.3) is 0 Å². The highest BCUT2D eigenvalue weighted by molar-refractivity contribution is 7.89. The van der Waals surface area contributed by atoms with E-state index in [1.807, 2.05) is 13.8 Å². The van der Waals surface area contributed by atoms with Gasteiger partial charge in [-0.1, -0.05) is 26.0 Å². The minimum Gasteiger partial charge on any atom is -0.352 e. The van der Waals surface area contributed by atoms with Crippen LogP contribution in [-0.4, -0.2) is 33.5 Å². The van der Waals surface area contributed by atoms with Crippen molar-refractivity contribution < 1.29 is 13.2 Å². The second kappa shape index (κ2) is 10.3. The number of benzene rings is 1. The van der Waals surface area contributed by atoms with E-state index in [0.29, 0.717) is 19.1 Å². The van der Waals surface area contributed by atoms with Crippen LogP contribution >= 0.6 is 12.4 Å². The van der Waals surface area contributed by atoms with Crippen LogP contribution < -0.4 is 15.4 Å². The Labute approximate surface area is 163 Å². The van der Waals surface area contributed by atoms with Gasteiger partial charge < -0.3 is 10.6 Å². The fourth-order valence-corrected chi connectivity index (χ4v) is 4.06. The van der Waals surface area contributed by atoms with Gasteiger partial charge in [-0.3, -0.25) is 4.79 Å². The highest BCUT2D eigenvalue weighted by atomic mass is 35.5. The Hall–Kier alpha value is -1.15. The van der Waals surface area contributed by atoms with Crippen molar-refractivity contribution in [3.63, 3.8) is 0 Å². The largest absolute Gasteiger partial charge is 0.352 e. The van der Waals surface area contributed by atoms with E-state index in [1.54, 1.807) is 24.3 Å². The number of amides is 1. The van der Waals surface area contributed by atoms with Crippen LogP contribution in [0.1, 0.15) is 39.2 Å². The third kappa shape index (κ3) is 6.87. The standard InChI is InChI=1S/C18H29N3O3S.ClH/c1-13(2)11-21-25(23,24)17-6-4-15(5-7-17)12-20-18(22)16-8-9-19-14(3)10-16;/h4-7,13-14,16,19,21H,8-12H2,1-3H3,(H,20,22);1H/t14-,16-;/m0./s1. The van der Waals surface area contributed by atoms with Crippen molar-refractivity contribution in [3.05, 3.63) is 29.8 Å². The Bertz CT molecular complexity index is 677. The maximum absolute atomic E-state index is 12.2. The predicted octanol–water partition coefficient (Wildman–Crippen LogP) is 2.05. The summed E-state index contributed by atoms with van der Waals surface area (Å²) in [7, 11) is -3.47. The maximum Gasteiger partial charge on any atom is 0.240 e. The second-order valence-electron chi connectivity index (χ2n) is 7.18. The molecule has 1 amide bonds. The summed E-state index contributed by atoms with van der Waals surface area (Å²) in [5, 5.41) is 6.29. The first-order chi connectivity index (χ1) is 11.8. The number of nitrogens with one attached hydrogen (secondary N) is 3. The molecule has 1 aromatic carbocycles. The lowest BCUT2D eigenvalue weighted by molar-refractivity contribution is -0.126. The van der Waals surface area contributed by atoms with Crippen LogP contribution in [0.2, 0.25) is 0 Å². The molecular formula is C18H30ClN3O3S. The van der Waals surface area contributed by atoms with E-state index >= 15 is 0 Å². The van der Waals surface area contributed by atoms with E-state index in [2.05, 4.69) is 22.3 Å². The molecular weight excluding hydrogens is 374 g/mol. The zero-order valence-electron chi connectivity index (χ0n) is 15.6. The smallest absolute Gasteiger partial charge is 0.240 e. The van der Waals surface area contributed by atoms with Crippen LogP contribution in [0.15, 0.2) is 29.2 Å². The van der Waals surface area contributed by atoms with E-state index in [4.69, 9.17) is 0 Å². The molecule has 2 rings (SSSR count). The lowest BCUT2D eigenvalue weighted by Crippen LogP contribution is -2.42. The van der Waals surface area contributed by atoms with Gasteiger partial charge in [0.15, 0.2) is 0 Å². The predicted molar refractivity (Wildman–Crippen MR) is 106 cm³/mol. The average molecular weight is 404 g/mol. The number of carbonyl (C=O) groups excluding carboxylic acids is 1. The molecule has 0 radical (unpaired) electrons. The molecule has 8 heteroatoms. The van der Waals surface area contributed by atoms with Crippen molar-refractivity contribution in [2.24, 2.45) is 11.8 Å². The highest BCUT2D eigenvalue weighted by Crippen LogP contribution is 2.16. The quantitative estimate of drug-likeness (QED) is 0.650. The number of rotatable bonds is 7. The monoisotopic (exact) mass is 403 g/mol. The van der Waals surface area contributed by atoms with Gasteiger partial charge in [0.1, 0.15) is 0 Å². The molecule has 0 saturated carbocycles. The molecule has 6 nitrogen and oxygen atoms in total. The fourth-order valence-electron chi connectivity index (χ4n) is 2.85. The zero-order valence-corrected chi connectivity index (χ0v) is 17.3. The minimum absolute atomic E-state index is 0. The van der Waals surface area contributed by atoms with Crippen molar-refractivity contribution in [3.8, 4) is 0 Å². The first-order valence-corrected chi connectivity index (χ1v) is 10.4. The van der Waals surface area contributed by atoms with Gasteiger partial charge in [-0.25, -0.2) is 13.1 Å². The molecule has 2 atom stereocenters. The molecule has 1 heterocycles. The summed E-state index contributed by atoms with van der Waals surface area (Å²) in [6.07, 6.45) is 1.71. The van der Waals surface area contributed by atoms with Crippen LogP contribution in [0.4, 0.5) is 0 Å². The summed E-state index contributed by atoms with van der Waals surface area (Å²) in [6.45, 7) is 7.70. The van der Waals surface area contributed by atoms with Crippen molar-refractivity contribution in [2.45, 2.75) is 51.1 Å². The summed E-state index contributed by atoms with van der Waals surface area (Å²) < 4.78 is 26.9. The number of sulfonamides is 1. The first kappa shape index (κ1) is 22.9. The van der Waals surface area contributed by atoms with Crippen LogP contribution in [0.25, 0.3) is 0 Å². The third-order valence-corrected chi connectivity index (χ3v) is 5.82. The van der Waals surface area contributed by atoms with E-state index in [0.717, 1.165) is 24.9 Å². The molecule has 0 aromatic heterocycles. The van der Waals surface area contributed by atoms with Gasteiger partial charge in [0, 0.05) is 25.0 Å². The molecule has 1 aliphatic heterocycles. The lowest BCUT2D eigenvalue weighted by Gasteiger charge is -2.27. The van der Waals surface area contributed by atoms with E-state index in [-0.39, 0.29) is 35.0 Å². The first-order valence-electron chi connectivity index (χ1n) is 8.87. The Morgan fingerprint density at radius 1 is 1.27 bits per heavy atom. The Kier molecular flexibility index (Phi) is 9.03. The second-order valence-corrected chi connectivity index (χ2v) is 8.95. The lowest BCUT2D eigenvalue weighted by atomic mass is 9.92. The minimum atomic E-state index is -3.47. The Balaban J connectivity index is 0.00000338. The van der Waals surface area contributed by atoms with Gasteiger partial charge >= 0.3 is 0 Å². The van der Waals surface area contributed by atoms with E-state index in [9.17, 15) is 13.2 Å². The SMILES string of the molecule is CC(C)CNS(=O)(=O)c1ccc(CNC(=O)[C@H]2CCN[C@@H](C)C2)cc1.Cl. The Morgan fingerprint density at radius 2 is 1.92 bits per heavy atom. The highest BCUT2D eigenvalue weighted by Gasteiger charge is 2.24. The van der Waals surface area contributed by atoms with Gasteiger partial charge in [-0.05, 0) is 49.9 Å².